The molecule has 1 aliphatic carbocycles. The smallest absolute Gasteiger partial charge is 0.139 e. The standard InChI is InChI=1S/C16H22O/c1-16(12-6-3-7-13-16)15(17)11-10-14-8-4-2-5-9-14/h2,4-5,8-9H,3,6-7,10-13H2,1H3. The van der Waals surface area contributed by atoms with Gasteiger partial charge in [0, 0.05) is 11.8 Å². The fourth-order valence-electron chi connectivity index (χ4n) is 2.82. The average Bonchev–Trinajstić information content (AvgIpc) is 2.38. The average molecular weight is 230 g/mol. The molecule has 2 rings (SSSR count). The molecule has 1 aromatic rings. The summed E-state index contributed by atoms with van der Waals surface area (Å²) in [6, 6.07) is 10.3. The van der Waals surface area contributed by atoms with Crippen LogP contribution in [0.2, 0.25) is 0 Å². The summed E-state index contributed by atoms with van der Waals surface area (Å²) in [5.41, 5.74) is 1.26. The summed E-state index contributed by atoms with van der Waals surface area (Å²) in [6.45, 7) is 2.17. The molecule has 1 saturated carbocycles. The third-order valence-corrected chi connectivity index (χ3v) is 4.11. The van der Waals surface area contributed by atoms with Crippen LogP contribution in [-0.4, -0.2) is 5.78 Å². The lowest BCUT2D eigenvalue weighted by molar-refractivity contribution is -0.129. The van der Waals surface area contributed by atoms with E-state index in [2.05, 4.69) is 19.1 Å². The molecule has 0 saturated heterocycles. The van der Waals surface area contributed by atoms with Crippen molar-refractivity contribution in [2.24, 2.45) is 5.41 Å². The summed E-state index contributed by atoms with van der Waals surface area (Å²) in [7, 11) is 0. The number of carbonyl (C=O) groups is 1. The lowest BCUT2D eigenvalue weighted by Crippen LogP contribution is -2.30. The highest BCUT2D eigenvalue weighted by Gasteiger charge is 2.33. The fourth-order valence-corrected chi connectivity index (χ4v) is 2.82. The molecule has 1 nitrogen and oxygen atoms in total. The first-order valence-electron chi connectivity index (χ1n) is 6.78. The van der Waals surface area contributed by atoms with Gasteiger partial charge in [0.15, 0.2) is 0 Å². The van der Waals surface area contributed by atoms with Gasteiger partial charge in [-0.2, -0.15) is 0 Å². The maximum atomic E-state index is 12.3. The predicted molar refractivity (Wildman–Crippen MR) is 71.0 cm³/mol. The number of carbonyl (C=O) groups excluding carboxylic acids is 1. The van der Waals surface area contributed by atoms with Crippen molar-refractivity contribution in [3.05, 3.63) is 35.9 Å². The van der Waals surface area contributed by atoms with Crippen LogP contribution in [0, 0.1) is 5.41 Å². The maximum absolute atomic E-state index is 12.3. The quantitative estimate of drug-likeness (QED) is 0.759. The van der Waals surface area contributed by atoms with E-state index in [-0.39, 0.29) is 5.41 Å². The predicted octanol–water partition coefficient (Wildman–Crippen LogP) is 4.16. The van der Waals surface area contributed by atoms with E-state index in [1.54, 1.807) is 0 Å². The summed E-state index contributed by atoms with van der Waals surface area (Å²) in [6.07, 6.45) is 7.57. The van der Waals surface area contributed by atoms with Crippen molar-refractivity contribution in [1.29, 1.82) is 0 Å². The molecule has 0 N–H and O–H groups in total. The summed E-state index contributed by atoms with van der Waals surface area (Å²) < 4.78 is 0. The van der Waals surface area contributed by atoms with Gasteiger partial charge in [-0.05, 0) is 24.8 Å². The van der Waals surface area contributed by atoms with Crippen LogP contribution in [0.25, 0.3) is 0 Å². The molecule has 0 bridgehead atoms. The number of ketones is 1. The SMILES string of the molecule is CC1(C(=O)CCc2ccccc2)CCCCC1. The normalized spacial score (nSPS) is 18.9. The van der Waals surface area contributed by atoms with Crippen molar-refractivity contribution >= 4 is 5.78 Å². The van der Waals surface area contributed by atoms with E-state index in [1.165, 1.54) is 24.8 Å². The topological polar surface area (TPSA) is 17.1 Å². The van der Waals surface area contributed by atoms with Gasteiger partial charge in [-0.25, -0.2) is 0 Å². The number of hydrogen-bond acceptors (Lipinski definition) is 1. The summed E-state index contributed by atoms with van der Waals surface area (Å²) in [5.74, 6) is 0.473. The Balaban J connectivity index is 1.88. The Bertz CT molecular complexity index is 360. The Morgan fingerprint density at radius 1 is 1.12 bits per heavy atom. The molecule has 0 amide bonds. The van der Waals surface area contributed by atoms with Gasteiger partial charge in [-0.1, -0.05) is 56.5 Å². The Kier molecular flexibility index (Phi) is 3.98. The minimum absolute atomic E-state index is 0.0208. The zero-order valence-corrected chi connectivity index (χ0v) is 10.7. The molecule has 1 aromatic carbocycles. The van der Waals surface area contributed by atoms with Crippen molar-refractivity contribution in [1.82, 2.24) is 0 Å². The van der Waals surface area contributed by atoms with Crippen molar-refractivity contribution in [2.75, 3.05) is 0 Å². The number of Topliss-reactive ketones (excluding diaryl/α,β-unsaturated/α-hetero) is 1. The van der Waals surface area contributed by atoms with Gasteiger partial charge in [0.25, 0.3) is 0 Å². The van der Waals surface area contributed by atoms with Gasteiger partial charge >= 0.3 is 0 Å². The van der Waals surface area contributed by atoms with Gasteiger partial charge in [0.1, 0.15) is 5.78 Å². The second-order valence-corrected chi connectivity index (χ2v) is 5.53. The highest BCUT2D eigenvalue weighted by molar-refractivity contribution is 5.84. The van der Waals surface area contributed by atoms with E-state index in [0.717, 1.165) is 19.3 Å². The minimum atomic E-state index is -0.0208. The van der Waals surface area contributed by atoms with Crippen LogP contribution in [-0.2, 0) is 11.2 Å². The molecule has 0 unspecified atom stereocenters. The molecule has 0 radical (unpaired) electrons. The highest BCUT2D eigenvalue weighted by atomic mass is 16.1. The van der Waals surface area contributed by atoms with Crippen molar-refractivity contribution in [3.8, 4) is 0 Å². The van der Waals surface area contributed by atoms with Crippen LogP contribution in [0.15, 0.2) is 30.3 Å². The zero-order valence-electron chi connectivity index (χ0n) is 10.7. The lowest BCUT2D eigenvalue weighted by atomic mass is 9.71. The van der Waals surface area contributed by atoms with E-state index in [9.17, 15) is 4.79 Å². The number of rotatable bonds is 4. The van der Waals surface area contributed by atoms with Gasteiger partial charge in [0.05, 0.1) is 0 Å². The molecule has 0 atom stereocenters. The molecule has 0 heterocycles. The molecule has 0 spiro atoms. The Morgan fingerprint density at radius 2 is 1.76 bits per heavy atom. The van der Waals surface area contributed by atoms with E-state index in [0.29, 0.717) is 12.2 Å². The monoisotopic (exact) mass is 230 g/mol. The Morgan fingerprint density at radius 3 is 2.41 bits per heavy atom. The molecule has 1 heteroatoms. The van der Waals surface area contributed by atoms with Gasteiger partial charge in [0.2, 0.25) is 0 Å². The molecule has 1 aliphatic rings. The maximum Gasteiger partial charge on any atom is 0.139 e. The Hall–Kier alpha value is -1.11. The van der Waals surface area contributed by atoms with Crippen molar-refractivity contribution in [3.63, 3.8) is 0 Å². The third-order valence-electron chi connectivity index (χ3n) is 4.11. The molecule has 1 fully saturated rings. The van der Waals surface area contributed by atoms with Crippen LogP contribution in [0.5, 0.6) is 0 Å². The molecular weight excluding hydrogens is 208 g/mol. The number of hydrogen-bond donors (Lipinski definition) is 0. The molecule has 92 valence electrons. The molecule has 17 heavy (non-hydrogen) atoms. The van der Waals surface area contributed by atoms with Crippen LogP contribution in [0.3, 0.4) is 0 Å². The lowest BCUT2D eigenvalue weighted by Gasteiger charge is -2.32. The first-order valence-corrected chi connectivity index (χ1v) is 6.78. The van der Waals surface area contributed by atoms with Crippen LogP contribution in [0.1, 0.15) is 51.0 Å². The highest BCUT2D eigenvalue weighted by Crippen LogP contribution is 2.37. The van der Waals surface area contributed by atoms with Gasteiger partial charge in [-0.15, -0.1) is 0 Å². The van der Waals surface area contributed by atoms with Crippen molar-refractivity contribution < 1.29 is 4.79 Å². The van der Waals surface area contributed by atoms with Crippen molar-refractivity contribution in [2.45, 2.75) is 51.9 Å². The van der Waals surface area contributed by atoms with E-state index in [1.807, 2.05) is 18.2 Å². The second kappa shape index (κ2) is 5.48. The number of aryl methyl sites for hydroxylation is 1. The van der Waals surface area contributed by atoms with Gasteiger partial charge in [-0.3, -0.25) is 4.79 Å². The van der Waals surface area contributed by atoms with Crippen LogP contribution < -0.4 is 0 Å². The molecule has 0 aliphatic heterocycles. The van der Waals surface area contributed by atoms with E-state index >= 15 is 0 Å². The largest absolute Gasteiger partial charge is 0.299 e. The van der Waals surface area contributed by atoms with Gasteiger partial charge < -0.3 is 0 Å². The van der Waals surface area contributed by atoms with Crippen LogP contribution in [0.4, 0.5) is 0 Å². The molecular formula is C16H22O. The van der Waals surface area contributed by atoms with Crippen LogP contribution >= 0.6 is 0 Å². The third kappa shape index (κ3) is 3.18. The summed E-state index contributed by atoms with van der Waals surface area (Å²) in [5, 5.41) is 0. The Labute approximate surface area is 104 Å². The summed E-state index contributed by atoms with van der Waals surface area (Å²) in [4.78, 5) is 12.3. The fraction of sp³-hybridized carbons (Fsp3) is 0.562. The minimum Gasteiger partial charge on any atom is -0.299 e. The number of benzene rings is 1. The summed E-state index contributed by atoms with van der Waals surface area (Å²) >= 11 is 0. The first-order chi connectivity index (χ1) is 8.21. The zero-order chi connectivity index (χ0) is 12.1. The van der Waals surface area contributed by atoms with E-state index < -0.39 is 0 Å². The second-order valence-electron chi connectivity index (χ2n) is 5.53. The molecule has 0 aromatic heterocycles. The first kappa shape index (κ1) is 12.3. The van der Waals surface area contributed by atoms with E-state index in [4.69, 9.17) is 0 Å².